The SMILES string of the molecule is CN1CC(c2ccc(OC(F)F)cc2)(c2cccc(NC3CCCC3)c2)N=C1N. The third-order valence-electron chi connectivity index (χ3n) is 5.79. The third kappa shape index (κ3) is 3.99. The fraction of sp³-hybridized carbons (Fsp3) is 0.409. The number of guanidine groups is 1. The van der Waals surface area contributed by atoms with Gasteiger partial charge in [0.25, 0.3) is 0 Å². The van der Waals surface area contributed by atoms with Gasteiger partial charge in [0.1, 0.15) is 11.3 Å². The third-order valence-corrected chi connectivity index (χ3v) is 5.79. The summed E-state index contributed by atoms with van der Waals surface area (Å²) in [5.74, 6) is 0.575. The Morgan fingerprint density at radius 1 is 1.14 bits per heavy atom. The van der Waals surface area contributed by atoms with E-state index in [1.165, 1.54) is 25.7 Å². The molecule has 7 heteroatoms. The highest BCUT2D eigenvalue weighted by atomic mass is 19.3. The van der Waals surface area contributed by atoms with Gasteiger partial charge in [0.05, 0.1) is 6.54 Å². The van der Waals surface area contributed by atoms with Crippen LogP contribution in [0.1, 0.15) is 36.8 Å². The second kappa shape index (κ2) is 7.89. The maximum atomic E-state index is 12.5. The zero-order chi connectivity index (χ0) is 20.4. The van der Waals surface area contributed by atoms with Crippen molar-refractivity contribution in [2.24, 2.45) is 10.7 Å². The van der Waals surface area contributed by atoms with E-state index in [2.05, 4.69) is 22.2 Å². The number of nitrogens with one attached hydrogen (secondary N) is 1. The maximum absolute atomic E-state index is 12.5. The molecule has 1 fully saturated rings. The Morgan fingerprint density at radius 3 is 2.48 bits per heavy atom. The molecule has 1 atom stereocenters. The first kappa shape index (κ1) is 19.5. The molecule has 0 bridgehead atoms. The van der Waals surface area contributed by atoms with Crippen LogP contribution in [0.5, 0.6) is 5.75 Å². The molecule has 1 aliphatic carbocycles. The summed E-state index contributed by atoms with van der Waals surface area (Å²) in [5.41, 5.74) is 8.39. The summed E-state index contributed by atoms with van der Waals surface area (Å²) in [5, 5.41) is 3.63. The molecular formula is C22H26F2N4O. The average Bonchev–Trinajstić information content (AvgIpc) is 3.31. The monoisotopic (exact) mass is 400 g/mol. The largest absolute Gasteiger partial charge is 0.435 e. The van der Waals surface area contributed by atoms with E-state index in [9.17, 15) is 8.78 Å². The van der Waals surface area contributed by atoms with Gasteiger partial charge in [-0.3, -0.25) is 0 Å². The van der Waals surface area contributed by atoms with Gasteiger partial charge in [-0.25, -0.2) is 4.99 Å². The van der Waals surface area contributed by atoms with E-state index in [1.54, 1.807) is 24.3 Å². The van der Waals surface area contributed by atoms with Crippen molar-refractivity contribution >= 4 is 11.6 Å². The zero-order valence-corrected chi connectivity index (χ0v) is 16.4. The van der Waals surface area contributed by atoms with Crippen molar-refractivity contribution in [3.05, 3.63) is 59.7 Å². The number of anilines is 1. The number of halogens is 2. The van der Waals surface area contributed by atoms with Gasteiger partial charge < -0.3 is 20.7 Å². The molecule has 2 aromatic rings. The van der Waals surface area contributed by atoms with Crippen molar-refractivity contribution in [2.75, 3.05) is 18.9 Å². The highest BCUT2D eigenvalue weighted by Crippen LogP contribution is 2.39. The molecule has 5 nitrogen and oxygen atoms in total. The van der Waals surface area contributed by atoms with Gasteiger partial charge in [-0.1, -0.05) is 37.1 Å². The van der Waals surface area contributed by atoms with E-state index >= 15 is 0 Å². The molecule has 0 saturated heterocycles. The van der Waals surface area contributed by atoms with Gasteiger partial charge in [-0.05, 0) is 48.2 Å². The molecule has 0 aromatic heterocycles. The molecule has 154 valence electrons. The first-order valence-electron chi connectivity index (χ1n) is 9.95. The van der Waals surface area contributed by atoms with Crippen molar-refractivity contribution in [2.45, 2.75) is 43.9 Å². The summed E-state index contributed by atoms with van der Waals surface area (Å²) in [7, 11) is 1.90. The lowest BCUT2D eigenvalue weighted by atomic mass is 9.83. The molecule has 1 aliphatic heterocycles. The number of rotatable bonds is 6. The number of ether oxygens (including phenoxy) is 1. The summed E-state index contributed by atoms with van der Waals surface area (Å²) in [4.78, 5) is 6.71. The normalized spacial score (nSPS) is 22.2. The Labute approximate surface area is 169 Å². The van der Waals surface area contributed by atoms with Crippen LogP contribution in [0.3, 0.4) is 0 Å². The van der Waals surface area contributed by atoms with Crippen molar-refractivity contribution in [1.29, 1.82) is 0 Å². The zero-order valence-electron chi connectivity index (χ0n) is 16.4. The van der Waals surface area contributed by atoms with Gasteiger partial charge in [0.2, 0.25) is 0 Å². The molecule has 3 N–H and O–H groups in total. The quantitative estimate of drug-likeness (QED) is 0.765. The number of nitrogens with zero attached hydrogens (tertiary/aromatic N) is 2. The number of likely N-dealkylation sites (N-methyl/N-ethyl adjacent to an activating group) is 1. The second-order valence-electron chi connectivity index (χ2n) is 7.80. The topological polar surface area (TPSA) is 62.9 Å². The van der Waals surface area contributed by atoms with E-state index in [1.807, 2.05) is 24.1 Å². The van der Waals surface area contributed by atoms with Crippen molar-refractivity contribution in [3.63, 3.8) is 0 Å². The van der Waals surface area contributed by atoms with Crippen molar-refractivity contribution in [1.82, 2.24) is 4.90 Å². The second-order valence-corrected chi connectivity index (χ2v) is 7.80. The minimum absolute atomic E-state index is 0.124. The average molecular weight is 400 g/mol. The van der Waals surface area contributed by atoms with E-state index < -0.39 is 12.2 Å². The number of aliphatic imine (C=N–C) groups is 1. The van der Waals surface area contributed by atoms with Crippen LogP contribution in [0.25, 0.3) is 0 Å². The Kier molecular flexibility index (Phi) is 5.30. The molecule has 0 amide bonds. The van der Waals surface area contributed by atoms with Gasteiger partial charge in [-0.2, -0.15) is 8.78 Å². The highest BCUT2D eigenvalue weighted by molar-refractivity contribution is 5.81. The predicted octanol–water partition coefficient (Wildman–Crippen LogP) is 4.15. The maximum Gasteiger partial charge on any atom is 0.387 e. The summed E-state index contributed by atoms with van der Waals surface area (Å²) in [6, 6.07) is 15.4. The van der Waals surface area contributed by atoms with E-state index in [0.717, 1.165) is 16.8 Å². The molecular weight excluding hydrogens is 374 g/mol. The summed E-state index contributed by atoms with van der Waals surface area (Å²) in [6.45, 7) is -2.28. The van der Waals surface area contributed by atoms with Crippen LogP contribution < -0.4 is 15.8 Å². The van der Waals surface area contributed by atoms with Crippen LogP contribution in [0.4, 0.5) is 14.5 Å². The predicted molar refractivity (Wildman–Crippen MR) is 110 cm³/mol. The number of nitrogens with two attached hydrogens (primary N) is 1. The highest BCUT2D eigenvalue weighted by Gasteiger charge is 2.41. The number of hydrogen-bond acceptors (Lipinski definition) is 5. The van der Waals surface area contributed by atoms with Gasteiger partial charge in [0, 0.05) is 18.8 Å². The van der Waals surface area contributed by atoms with Crippen LogP contribution in [0, 0.1) is 0 Å². The van der Waals surface area contributed by atoms with Crippen molar-refractivity contribution in [3.8, 4) is 5.75 Å². The Hall–Kier alpha value is -2.83. The molecule has 0 radical (unpaired) electrons. The van der Waals surface area contributed by atoms with E-state index in [4.69, 9.17) is 10.7 Å². The standard InChI is InChI=1S/C22H26F2N4O/c1-28-14-22(27-21(28)25,15-9-11-19(12-10-15)29-20(23)24)16-5-4-8-18(13-16)26-17-6-2-3-7-17/h4-5,8-13,17,20,26H,2-3,6-7,14H2,1H3,(H2,25,27). The fourth-order valence-corrected chi connectivity index (χ4v) is 4.30. The van der Waals surface area contributed by atoms with Crippen LogP contribution in [-0.4, -0.2) is 37.1 Å². The molecule has 29 heavy (non-hydrogen) atoms. The lowest BCUT2D eigenvalue weighted by Gasteiger charge is -2.29. The lowest BCUT2D eigenvalue weighted by Crippen LogP contribution is -2.34. The molecule has 1 saturated carbocycles. The summed E-state index contributed by atoms with van der Waals surface area (Å²) < 4.78 is 29.5. The van der Waals surface area contributed by atoms with Gasteiger partial charge in [-0.15, -0.1) is 0 Å². The van der Waals surface area contributed by atoms with Crippen LogP contribution >= 0.6 is 0 Å². The molecule has 2 aromatic carbocycles. The number of benzene rings is 2. The van der Waals surface area contributed by atoms with Crippen LogP contribution in [-0.2, 0) is 5.54 Å². The number of hydrogen-bond donors (Lipinski definition) is 2. The molecule has 4 rings (SSSR count). The van der Waals surface area contributed by atoms with Crippen molar-refractivity contribution < 1.29 is 13.5 Å². The Balaban J connectivity index is 1.69. The lowest BCUT2D eigenvalue weighted by molar-refractivity contribution is -0.0498. The molecule has 0 spiro atoms. The first-order chi connectivity index (χ1) is 14.0. The first-order valence-corrected chi connectivity index (χ1v) is 9.95. The van der Waals surface area contributed by atoms with Crippen LogP contribution in [0.15, 0.2) is 53.5 Å². The molecule has 1 unspecified atom stereocenters. The Morgan fingerprint density at radius 2 is 1.86 bits per heavy atom. The van der Waals surface area contributed by atoms with E-state index in [0.29, 0.717) is 18.5 Å². The van der Waals surface area contributed by atoms with Gasteiger partial charge in [0.15, 0.2) is 5.96 Å². The van der Waals surface area contributed by atoms with E-state index in [-0.39, 0.29) is 5.75 Å². The molecule has 2 aliphatic rings. The summed E-state index contributed by atoms with van der Waals surface area (Å²) >= 11 is 0. The molecule has 1 heterocycles. The fourth-order valence-electron chi connectivity index (χ4n) is 4.30. The minimum Gasteiger partial charge on any atom is -0.435 e. The van der Waals surface area contributed by atoms with Crippen LogP contribution in [0.2, 0.25) is 0 Å². The minimum atomic E-state index is -2.85. The summed E-state index contributed by atoms with van der Waals surface area (Å²) in [6.07, 6.45) is 4.91. The Bertz CT molecular complexity index is 881. The number of alkyl halides is 2. The van der Waals surface area contributed by atoms with Gasteiger partial charge >= 0.3 is 6.61 Å². The smallest absolute Gasteiger partial charge is 0.387 e.